The molecule has 2 N–H and O–H groups in total. The van der Waals surface area contributed by atoms with E-state index in [2.05, 4.69) is 9.82 Å². The van der Waals surface area contributed by atoms with Crippen LogP contribution in [0.4, 0.5) is 0 Å². The molecule has 78 valence electrons. The van der Waals surface area contributed by atoms with Crippen molar-refractivity contribution in [2.24, 2.45) is 0 Å². The van der Waals surface area contributed by atoms with Gasteiger partial charge in [-0.1, -0.05) is 4.89 Å². The molecule has 0 spiro atoms. The Kier molecular flexibility index (Phi) is 3.39. The Hall–Kier alpha value is -1.18. The highest BCUT2D eigenvalue weighted by atomic mass is 32.2. The molecule has 0 saturated heterocycles. The van der Waals surface area contributed by atoms with Gasteiger partial charge < -0.3 is 4.98 Å². The molecular formula is C7H10N2O4S. The molecule has 0 aromatic carbocycles. The van der Waals surface area contributed by atoms with Gasteiger partial charge >= 0.3 is 0 Å². The number of H-pyrrole nitrogens is 1. The second-order valence-electron chi connectivity index (χ2n) is 2.41. The smallest absolute Gasteiger partial charge is 0.263 e. The Morgan fingerprint density at radius 2 is 2.21 bits per heavy atom. The van der Waals surface area contributed by atoms with Crippen molar-refractivity contribution >= 4 is 10.0 Å². The van der Waals surface area contributed by atoms with Gasteiger partial charge in [-0.3, -0.25) is 9.63 Å². The molecule has 0 unspecified atom stereocenters. The molecule has 0 atom stereocenters. The van der Waals surface area contributed by atoms with Crippen LogP contribution < -0.4 is 10.4 Å². The third-order valence-corrected chi connectivity index (χ3v) is 2.59. The lowest BCUT2D eigenvalue weighted by molar-refractivity contribution is 0.105. The minimum absolute atomic E-state index is 0.0504. The summed E-state index contributed by atoms with van der Waals surface area (Å²) in [6.45, 7) is 1.87. The second kappa shape index (κ2) is 4.36. The zero-order valence-corrected chi connectivity index (χ0v) is 8.30. The summed E-state index contributed by atoms with van der Waals surface area (Å²) in [7, 11) is -3.68. The van der Waals surface area contributed by atoms with Crippen LogP contribution in [0.5, 0.6) is 0 Å². The molecule has 0 aliphatic carbocycles. The normalized spacial score (nSPS) is 11.5. The van der Waals surface area contributed by atoms with Crippen LogP contribution in [-0.2, 0) is 14.9 Å². The van der Waals surface area contributed by atoms with Gasteiger partial charge in [-0.05, 0) is 13.0 Å². The number of rotatable bonds is 4. The molecule has 1 heterocycles. The monoisotopic (exact) mass is 218 g/mol. The van der Waals surface area contributed by atoms with Gasteiger partial charge in [0.05, 0.1) is 6.61 Å². The number of sulfonamides is 1. The maximum atomic E-state index is 11.3. The van der Waals surface area contributed by atoms with Crippen LogP contribution in [0.15, 0.2) is 28.0 Å². The molecule has 6 nitrogen and oxygen atoms in total. The standard InChI is InChI=1S/C7H10N2O4S/c1-2-13-9-14(11,12)6-3-4-7(10)8-5-6/h3-5,9H,2H2,1H3,(H,8,10). The number of nitrogens with one attached hydrogen (secondary N) is 2. The van der Waals surface area contributed by atoms with Gasteiger partial charge in [-0.25, -0.2) is 8.42 Å². The number of hydrogen-bond donors (Lipinski definition) is 2. The highest BCUT2D eigenvalue weighted by Gasteiger charge is 2.13. The number of aromatic nitrogens is 1. The SMILES string of the molecule is CCONS(=O)(=O)c1ccc(=O)[nH]c1. The molecule has 14 heavy (non-hydrogen) atoms. The third kappa shape index (κ3) is 2.66. The van der Waals surface area contributed by atoms with Gasteiger partial charge in [-0.2, -0.15) is 0 Å². The summed E-state index contributed by atoms with van der Waals surface area (Å²) in [5.74, 6) is 0. The Labute approximate surface area is 80.9 Å². The molecular weight excluding hydrogens is 208 g/mol. The predicted molar refractivity (Wildman–Crippen MR) is 49.0 cm³/mol. The number of hydrogen-bond acceptors (Lipinski definition) is 4. The first-order valence-electron chi connectivity index (χ1n) is 3.88. The first kappa shape index (κ1) is 10.9. The van der Waals surface area contributed by atoms with Crippen LogP contribution in [0.25, 0.3) is 0 Å². The van der Waals surface area contributed by atoms with E-state index in [9.17, 15) is 13.2 Å². The molecule has 0 aliphatic rings. The van der Waals surface area contributed by atoms with E-state index in [0.717, 1.165) is 12.3 Å². The summed E-state index contributed by atoms with van der Waals surface area (Å²) >= 11 is 0. The second-order valence-corrected chi connectivity index (χ2v) is 4.05. The van der Waals surface area contributed by atoms with Crippen molar-refractivity contribution < 1.29 is 13.3 Å². The zero-order valence-electron chi connectivity index (χ0n) is 7.48. The molecule has 1 aromatic rings. The lowest BCUT2D eigenvalue weighted by Crippen LogP contribution is -2.24. The van der Waals surface area contributed by atoms with Crippen LogP contribution in [-0.4, -0.2) is 20.0 Å². The average molecular weight is 218 g/mol. The van der Waals surface area contributed by atoms with Crippen LogP contribution in [0.3, 0.4) is 0 Å². The van der Waals surface area contributed by atoms with Crippen LogP contribution in [0.1, 0.15) is 6.92 Å². The minimum Gasteiger partial charge on any atom is -0.328 e. The van der Waals surface area contributed by atoms with Crippen molar-refractivity contribution in [3.8, 4) is 0 Å². The van der Waals surface area contributed by atoms with E-state index < -0.39 is 10.0 Å². The highest BCUT2D eigenvalue weighted by molar-refractivity contribution is 7.89. The van der Waals surface area contributed by atoms with Crippen molar-refractivity contribution in [3.63, 3.8) is 0 Å². The van der Waals surface area contributed by atoms with E-state index in [0.29, 0.717) is 0 Å². The Morgan fingerprint density at radius 1 is 1.50 bits per heavy atom. The fourth-order valence-corrected chi connectivity index (χ4v) is 1.58. The predicted octanol–water partition coefficient (Wildman–Crippen LogP) is -0.395. The Bertz CT molecular complexity index is 431. The summed E-state index contributed by atoms with van der Waals surface area (Å²) < 4.78 is 22.7. The molecule has 1 rings (SSSR count). The van der Waals surface area contributed by atoms with Gasteiger partial charge in [0.25, 0.3) is 10.0 Å². The van der Waals surface area contributed by atoms with E-state index in [1.54, 1.807) is 6.92 Å². The summed E-state index contributed by atoms with van der Waals surface area (Å²) in [6, 6.07) is 2.32. The van der Waals surface area contributed by atoms with Gasteiger partial charge in [0.1, 0.15) is 4.90 Å². The Balaban J connectivity index is 2.93. The van der Waals surface area contributed by atoms with E-state index >= 15 is 0 Å². The maximum Gasteiger partial charge on any atom is 0.263 e. The van der Waals surface area contributed by atoms with Crippen molar-refractivity contribution in [1.29, 1.82) is 0 Å². The maximum absolute atomic E-state index is 11.3. The fraction of sp³-hybridized carbons (Fsp3) is 0.286. The average Bonchev–Trinajstić information content (AvgIpc) is 2.16. The van der Waals surface area contributed by atoms with Crippen LogP contribution in [0, 0.1) is 0 Å². The third-order valence-electron chi connectivity index (χ3n) is 1.38. The number of aromatic amines is 1. The first-order chi connectivity index (χ1) is 6.56. The largest absolute Gasteiger partial charge is 0.328 e. The fourth-order valence-electron chi connectivity index (χ4n) is 0.748. The van der Waals surface area contributed by atoms with E-state index in [1.165, 1.54) is 6.07 Å². The van der Waals surface area contributed by atoms with Gasteiger partial charge in [0.15, 0.2) is 0 Å². The molecule has 0 amide bonds. The topological polar surface area (TPSA) is 88.3 Å². The lowest BCUT2D eigenvalue weighted by atomic mass is 10.5. The van der Waals surface area contributed by atoms with Crippen LogP contribution in [0.2, 0.25) is 0 Å². The summed E-state index contributed by atoms with van der Waals surface area (Å²) in [6.07, 6.45) is 1.10. The summed E-state index contributed by atoms with van der Waals surface area (Å²) in [5, 5.41) is 0. The molecule has 0 bridgehead atoms. The van der Waals surface area contributed by atoms with E-state index in [-0.39, 0.29) is 17.1 Å². The van der Waals surface area contributed by atoms with Gasteiger partial charge in [0, 0.05) is 12.3 Å². The van der Waals surface area contributed by atoms with Crippen molar-refractivity contribution in [2.75, 3.05) is 6.61 Å². The molecule has 0 saturated carbocycles. The molecule has 0 radical (unpaired) electrons. The molecule has 1 aromatic heterocycles. The zero-order chi connectivity index (χ0) is 10.6. The van der Waals surface area contributed by atoms with E-state index in [1.807, 2.05) is 4.89 Å². The van der Waals surface area contributed by atoms with Crippen molar-refractivity contribution in [2.45, 2.75) is 11.8 Å². The summed E-state index contributed by atoms with van der Waals surface area (Å²) in [5.41, 5.74) is -0.361. The molecule has 0 fully saturated rings. The van der Waals surface area contributed by atoms with Crippen molar-refractivity contribution in [1.82, 2.24) is 9.87 Å². The van der Waals surface area contributed by atoms with Gasteiger partial charge in [-0.15, -0.1) is 0 Å². The Morgan fingerprint density at radius 3 is 2.71 bits per heavy atom. The molecule has 7 heteroatoms. The van der Waals surface area contributed by atoms with Crippen molar-refractivity contribution in [3.05, 3.63) is 28.7 Å². The minimum atomic E-state index is -3.68. The van der Waals surface area contributed by atoms with Gasteiger partial charge in [0.2, 0.25) is 5.56 Å². The van der Waals surface area contributed by atoms with Crippen LogP contribution >= 0.6 is 0 Å². The quantitative estimate of drug-likeness (QED) is 0.673. The summed E-state index contributed by atoms with van der Waals surface area (Å²) in [4.78, 5) is 19.3. The number of pyridine rings is 1. The highest BCUT2D eigenvalue weighted by Crippen LogP contribution is 2.03. The first-order valence-corrected chi connectivity index (χ1v) is 5.37. The lowest BCUT2D eigenvalue weighted by Gasteiger charge is -2.04. The van der Waals surface area contributed by atoms with E-state index in [4.69, 9.17) is 0 Å². The molecule has 0 aliphatic heterocycles.